The maximum atomic E-state index is 11.4. The molecular formula is C65H67BrCl2O10S5. The molecular weight excluding hydrogens is 1250 g/mol. The SMILES string of the molecule is CC(=O)C1=C(O)C(c2ccc(Br)cc2)SC1.CC(=O)C1=C(O)C(c2ccc(C(C)(C)C)cc2)SC1.CC(=O)C1=C(O)C(c2ccc(C)cc2)SC1.CC(=O)C1=C(O)C(c2ccc(Cl)cc2)SC1.CC(=O)C1=C(O)C(c2cccc(Cl)c2)SC1. The van der Waals surface area contributed by atoms with E-state index >= 15 is 0 Å². The molecule has 0 saturated carbocycles. The van der Waals surface area contributed by atoms with Crippen LogP contribution in [0.15, 0.2) is 182 Å². The summed E-state index contributed by atoms with van der Waals surface area (Å²) >= 11 is 23.0. The number of aliphatic hydroxyl groups excluding tert-OH is 5. The van der Waals surface area contributed by atoms with Gasteiger partial charge in [-0.25, -0.2) is 0 Å². The molecule has 0 fully saturated rings. The summed E-state index contributed by atoms with van der Waals surface area (Å²) in [7, 11) is 0. The zero-order valence-electron chi connectivity index (χ0n) is 47.4. The van der Waals surface area contributed by atoms with E-state index in [2.05, 4.69) is 61.0 Å². The lowest BCUT2D eigenvalue weighted by Gasteiger charge is -2.20. The Morgan fingerprint density at radius 1 is 0.410 bits per heavy atom. The second kappa shape index (κ2) is 30.3. The van der Waals surface area contributed by atoms with E-state index in [-0.39, 0.29) is 89.4 Å². The summed E-state index contributed by atoms with van der Waals surface area (Å²) < 4.78 is 1.01. The summed E-state index contributed by atoms with van der Waals surface area (Å²) in [5, 5.41) is 50.8. The topological polar surface area (TPSA) is 186 Å². The van der Waals surface area contributed by atoms with Crippen molar-refractivity contribution in [2.75, 3.05) is 28.8 Å². The van der Waals surface area contributed by atoms with E-state index in [4.69, 9.17) is 23.2 Å². The molecule has 5 aliphatic rings. The molecule has 0 amide bonds. The third kappa shape index (κ3) is 17.8. The number of rotatable bonds is 10. The van der Waals surface area contributed by atoms with Gasteiger partial charge in [0.15, 0.2) is 28.9 Å². The molecule has 5 aromatic rings. The fourth-order valence-corrected chi connectivity index (χ4v) is 16.2. The van der Waals surface area contributed by atoms with Crippen molar-refractivity contribution < 1.29 is 49.5 Å². The van der Waals surface area contributed by atoms with E-state index in [1.807, 2.05) is 85.8 Å². The van der Waals surface area contributed by atoms with Crippen molar-refractivity contribution in [3.8, 4) is 0 Å². The molecule has 0 aliphatic carbocycles. The Balaban J connectivity index is 0.000000167. The molecule has 0 radical (unpaired) electrons. The molecule has 5 N–H and O–H groups in total. The normalized spacial score (nSPS) is 20.2. The molecule has 10 nitrogen and oxygen atoms in total. The van der Waals surface area contributed by atoms with Gasteiger partial charge in [0.05, 0.1) is 26.2 Å². The van der Waals surface area contributed by atoms with Gasteiger partial charge in [0.2, 0.25) is 0 Å². The number of carbonyl (C=O) groups is 5. The summed E-state index contributed by atoms with van der Waals surface area (Å²) in [4.78, 5) is 56.4. The number of hydrogen-bond donors (Lipinski definition) is 5. The predicted octanol–water partition coefficient (Wildman–Crippen LogP) is 18.1. The molecule has 10 rings (SSSR count). The largest absolute Gasteiger partial charge is 0.510 e. The maximum absolute atomic E-state index is 11.4. The van der Waals surface area contributed by atoms with Gasteiger partial charge in [-0.15, -0.1) is 58.8 Å². The van der Waals surface area contributed by atoms with Crippen molar-refractivity contribution >= 4 is 127 Å². The van der Waals surface area contributed by atoms with Gasteiger partial charge in [-0.1, -0.05) is 150 Å². The minimum Gasteiger partial charge on any atom is -0.510 e. The average molecular weight is 1320 g/mol. The van der Waals surface area contributed by atoms with Crippen molar-refractivity contribution in [3.05, 3.63) is 231 Å². The lowest BCUT2D eigenvalue weighted by Crippen LogP contribution is -2.11. The summed E-state index contributed by atoms with van der Waals surface area (Å²) in [6.45, 7) is 16.0. The van der Waals surface area contributed by atoms with Gasteiger partial charge >= 0.3 is 0 Å². The molecule has 0 spiro atoms. The van der Waals surface area contributed by atoms with Crippen LogP contribution >= 0.6 is 97.9 Å². The fraction of sp³-hybridized carbons (Fsp3) is 0.308. The fourth-order valence-electron chi connectivity index (χ4n) is 8.91. The number of halogens is 3. The molecule has 5 unspecified atom stereocenters. The Kier molecular flexibility index (Phi) is 24.5. The number of ketones is 5. The highest BCUT2D eigenvalue weighted by Gasteiger charge is 2.34. The van der Waals surface area contributed by atoms with Crippen LogP contribution in [0, 0.1) is 6.92 Å². The lowest BCUT2D eigenvalue weighted by molar-refractivity contribution is -0.114. The molecule has 5 heterocycles. The zero-order valence-corrected chi connectivity index (χ0v) is 54.6. The number of aryl methyl sites for hydroxylation is 1. The highest BCUT2D eigenvalue weighted by Crippen LogP contribution is 2.47. The van der Waals surface area contributed by atoms with Crippen LogP contribution in [-0.4, -0.2) is 83.2 Å². The number of aliphatic hydroxyl groups is 5. The zero-order chi connectivity index (χ0) is 61.0. The first-order chi connectivity index (χ1) is 39.2. The minimum atomic E-state index is -0.155. The number of benzene rings is 5. The Bertz CT molecular complexity index is 3180. The van der Waals surface area contributed by atoms with Crippen LogP contribution in [0.5, 0.6) is 0 Å². The van der Waals surface area contributed by atoms with Gasteiger partial charge in [0.25, 0.3) is 0 Å². The van der Waals surface area contributed by atoms with Crippen LogP contribution in [0.25, 0.3) is 0 Å². The Labute approximate surface area is 526 Å². The summed E-state index contributed by atoms with van der Waals surface area (Å²) in [6, 6.07) is 38.9. The first-order valence-corrected chi connectivity index (χ1v) is 33.1. The van der Waals surface area contributed by atoms with Gasteiger partial charge in [-0.05, 0) is 117 Å². The second-order valence-corrected chi connectivity index (χ2v) is 28.3. The summed E-state index contributed by atoms with van der Waals surface area (Å²) in [5.74, 6) is 3.82. The minimum absolute atomic E-state index is 0.0281. The van der Waals surface area contributed by atoms with Crippen molar-refractivity contribution in [3.63, 3.8) is 0 Å². The Hall–Kier alpha value is -5.04. The van der Waals surface area contributed by atoms with E-state index in [0.717, 1.165) is 32.3 Å². The van der Waals surface area contributed by atoms with Crippen molar-refractivity contribution in [2.24, 2.45) is 0 Å². The number of hydrogen-bond acceptors (Lipinski definition) is 15. The number of Topliss-reactive ketones (excluding diaryl/α,β-unsaturated/α-hetero) is 5. The quantitative estimate of drug-likeness (QED) is 0.0888. The van der Waals surface area contributed by atoms with Crippen LogP contribution < -0.4 is 0 Å². The maximum Gasteiger partial charge on any atom is 0.160 e. The van der Waals surface area contributed by atoms with Crippen molar-refractivity contribution in [2.45, 2.75) is 94.0 Å². The third-order valence-electron chi connectivity index (χ3n) is 13.8. The van der Waals surface area contributed by atoms with Crippen LogP contribution in [0.4, 0.5) is 0 Å². The predicted molar refractivity (Wildman–Crippen MR) is 351 cm³/mol. The van der Waals surface area contributed by atoms with Gasteiger partial charge in [-0.3, -0.25) is 24.0 Å². The Morgan fingerprint density at radius 2 is 0.687 bits per heavy atom. The number of carbonyl (C=O) groups excluding carboxylic acids is 5. The van der Waals surface area contributed by atoms with Crippen LogP contribution in [0.2, 0.25) is 10.0 Å². The lowest BCUT2D eigenvalue weighted by atomic mass is 9.86. The molecule has 83 heavy (non-hydrogen) atoms. The van der Waals surface area contributed by atoms with Crippen molar-refractivity contribution in [1.82, 2.24) is 0 Å². The van der Waals surface area contributed by atoms with Crippen LogP contribution in [0.1, 0.15) is 121 Å². The first kappa shape index (κ1) is 67.1. The van der Waals surface area contributed by atoms with Gasteiger partial charge in [-0.2, -0.15) is 0 Å². The second-order valence-electron chi connectivity index (χ2n) is 21.0. The van der Waals surface area contributed by atoms with Crippen LogP contribution in [0.3, 0.4) is 0 Å². The average Bonchev–Trinajstić information content (AvgIpc) is 4.46. The van der Waals surface area contributed by atoms with E-state index < -0.39 is 0 Å². The van der Waals surface area contributed by atoms with Gasteiger partial charge in [0, 0.05) is 71.1 Å². The highest BCUT2D eigenvalue weighted by atomic mass is 79.9. The standard InChI is InChI=1S/C16H20O2S.C13H14O2S.C12H11BrO2S.2C12H11ClO2S/c1-10(17)13-9-19-15(14(13)18)11-5-7-12(8-6-11)16(2,3)4;1-8-3-5-10(6-4-8)13-12(15)11(7-16-13)9(2)14;2*1-7(14)10-6-16-12(11(10)15)8-2-4-9(13)5-3-8;1-7(14)10-6-16-12(11(10)15)8-3-2-4-9(13)5-8/h5-8,15,18H,9H2,1-4H3;3-6,13,15H,7H2,1-2H3;3*2-5,12,15H,6H2,1H3. The Morgan fingerprint density at radius 3 is 0.964 bits per heavy atom. The molecule has 5 aromatic carbocycles. The molecule has 438 valence electrons. The number of thioether (sulfide) groups is 5. The molecule has 5 atom stereocenters. The summed E-state index contributed by atoms with van der Waals surface area (Å²) in [5.41, 5.74) is 10.4. The first-order valence-electron chi connectivity index (χ1n) is 26.3. The monoisotopic (exact) mass is 1320 g/mol. The highest BCUT2D eigenvalue weighted by molar-refractivity contribution is 9.10. The molecule has 0 bridgehead atoms. The van der Waals surface area contributed by atoms with Crippen LogP contribution in [-0.2, 0) is 29.4 Å². The van der Waals surface area contributed by atoms with E-state index in [9.17, 15) is 49.5 Å². The van der Waals surface area contributed by atoms with E-state index in [1.54, 1.807) is 77.0 Å². The molecule has 5 aliphatic heterocycles. The third-order valence-corrected chi connectivity index (χ3v) is 21.3. The van der Waals surface area contributed by atoms with Gasteiger partial charge < -0.3 is 25.5 Å². The smallest absolute Gasteiger partial charge is 0.160 e. The van der Waals surface area contributed by atoms with E-state index in [0.29, 0.717) is 66.7 Å². The van der Waals surface area contributed by atoms with Crippen molar-refractivity contribution in [1.29, 1.82) is 0 Å². The van der Waals surface area contributed by atoms with E-state index in [1.165, 1.54) is 45.7 Å². The van der Waals surface area contributed by atoms with Gasteiger partial charge in [0.1, 0.15) is 28.8 Å². The summed E-state index contributed by atoms with van der Waals surface area (Å²) in [6.07, 6.45) is 0. The molecule has 0 aromatic heterocycles. The molecule has 18 heteroatoms. The molecule has 0 saturated heterocycles.